The van der Waals surface area contributed by atoms with Gasteiger partial charge in [-0.05, 0) is 42.5 Å². The molecule has 150 valence electrons. The molecule has 2 aromatic carbocycles. The second-order valence-corrected chi connectivity index (χ2v) is 7.57. The maximum Gasteiger partial charge on any atom is 0.159 e. The van der Waals surface area contributed by atoms with E-state index in [9.17, 15) is 4.39 Å². The molecular formula is C20H19Cl2FN6. The maximum atomic E-state index is 13.1. The number of anilines is 5. The number of aromatic nitrogens is 2. The molecule has 0 aliphatic carbocycles. The number of rotatable bonds is 4. The predicted molar refractivity (Wildman–Crippen MR) is 117 cm³/mol. The molecule has 9 heteroatoms. The molecule has 1 aliphatic rings. The van der Waals surface area contributed by atoms with Gasteiger partial charge in [-0.2, -0.15) is 0 Å². The van der Waals surface area contributed by atoms with Crippen LogP contribution in [0.4, 0.5) is 33.1 Å². The summed E-state index contributed by atoms with van der Waals surface area (Å²) in [6, 6.07) is 11.7. The molecule has 1 saturated heterocycles. The van der Waals surface area contributed by atoms with Crippen molar-refractivity contribution in [2.45, 2.75) is 0 Å². The zero-order valence-electron chi connectivity index (χ0n) is 15.4. The molecule has 4 rings (SSSR count). The van der Waals surface area contributed by atoms with E-state index in [4.69, 9.17) is 28.9 Å². The second-order valence-electron chi connectivity index (χ2n) is 6.69. The molecule has 3 N–H and O–H groups in total. The van der Waals surface area contributed by atoms with E-state index >= 15 is 0 Å². The molecule has 2 heterocycles. The number of nitrogens with one attached hydrogen (secondary N) is 1. The van der Waals surface area contributed by atoms with Crippen molar-refractivity contribution in [3.63, 3.8) is 0 Å². The van der Waals surface area contributed by atoms with Crippen LogP contribution in [0.1, 0.15) is 0 Å². The summed E-state index contributed by atoms with van der Waals surface area (Å²) in [5.41, 5.74) is 8.50. The van der Waals surface area contributed by atoms with Gasteiger partial charge in [-0.1, -0.05) is 23.2 Å². The Kier molecular flexibility index (Phi) is 5.60. The van der Waals surface area contributed by atoms with Crippen LogP contribution in [-0.2, 0) is 0 Å². The van der Waals surface area contributed by atoms with E-state index in [0.717, 1.165) is 31.9 Å². The molecule has 0 atom stereocenters. The smallest absolute Gasteiger partial charge is 0.159 e. The van der Waals surface area contributed by atoms with Gasteiger partial charge in [0.05, 0.1) is 0 Å². The second kappa shape index (κ2) is 8.31. The number of hydrogen-bond acceptors (Lipinski definition) is 6. The Hall–Kier alpha value is -2.77. The Morgan fingerprint density at radius 2 is 1.52 bits per heavy atom. The van der Waals surface area contributed by atoms with E-state index in [0.29, 0.717) is 33.1 Å². The van der Waals surface area contributed by atoms with Crippen molar-refractivity contribution in [1.29, 1.82) is 0 Å². The molecule has 0 saturated carbocycles. The standard InChI is InChI=1S/C20H19Cl2FN6/c21-13-9-14(22)11-16(10-13)27-19-18(24)20(26-12-25-19)29-7-5-28(6-8-29)17-3-1-15(23)2-4-17/h1-4,9-12H,5-8,24H2,(H,25,26,27). The van der Waals surface area contributed by atoms with Crippen LogP contribution in [0.2, 0.25) is 10.0 Å². The summed E-state index contributed by atoms with van der Waals surface area (Å²) in [7, 11) is 0. The summed E-state index contributed by atoms with van der Waals surface area (Å²) in [6.07, 6.45) is 1.48. The van der Waals surface area contributed by atoms with E-state index in [1.165, 1.54) is 18.5 Å². The van der Waals surface area contributed by atoms with Crippen LogP contribution in [0.25, 0.3) is 0 Å². The summed E-state index contributed by atoms with van der Waals surface area (Å²) in [5, 5.41) is 4.19. The lowest BCUT2D eigenvalue weighted by atomic mass is 10.2. The largest absolute Gasteiger partial charge is 0.393 e. The topological polar surface area (TPSA) is 70.3 Å². The average Bonchev–Trinajstić information content (AvgIpc) is 2.70. The lowest BCUT2D eigenvalue weighted by molar-refractivity contribution is 0.624. The molecule has 0 amide bonds. The first kappa shape index (κ1) is 19.5. The Balaban J connectivity index is 1.48. The summed E-state index contributed by atoms with van der Waals surface area (Å²) in [6.45, 7) is 3.03. The summed E-state index contributed by atoms with van der Waals surface area (Å²) in [4.78, 5) is 13.0. The van der Waals surface area contributed by atoms with Gasteiger partial charge in [0.2, 0.25) is 0 Å². The highest BCUT2D eigenvalue weighted by Crippen LogP contribution is 2.31. The third-order valence-corrected chi connectivity index (χ3v) is 5.20. The van der Waals surface area contributed by atoms with Crippen molar-refractivity contribution < 1.29 is 4.39 Å². The van der Waals surface area contributed by atoms with E-state index in [2.05, 4.69) is 25.1 Å². The van der Waals surface area contributed by atoms with E-state index in [1.54, 1.807) is 30.3 Å². The van der Waals surface area contributed by atoms with Crippen LogP contribution in [0.5, 0.6) is 0 Å². The third kappa shape index (κ3) is 4.46. The minimum atomic E-state index is -0.234. The van der Waals surface area contributed by atoms with Crippen LogP contribution in [0.15, 0.2) is 48.8 Å². The van der Waals surface area contributed by atoms with E-state index in [-0.39, 0.29) is 5.82 Å². The van der Waals surface area contributed by atoms with Crippen LogP contribution in [0, 0.1) is 5.82 Å². The molecule has 1 aromatic heterocycles. The van der Waals surface area contributed by atoms with Crippen molar-refractivity contribution in [3.8, 4) is 0 Å². The van der Waals surface area contributed by atoms with Crippen LogP contribution >= 0.6 is 23.2 Å². The first-order valence-corrected chi connectivity index (χ1v) is 9.84. The molecule has 3 aromatic rings. The van der Waals surface area contributed by atoms with Gasteiger partial charge in [0.25, 0.3) is 0 Å². The predicted octanol–water partition coefficient (Wildman–Crippen LogP) is 4.57. The van der Waals surface area contributed by atoms with E-state index < -0.39 is 0 Å². The molecule has 1 fully saturated rings. The van der Waals surface area contributed by atoms with Gasteiger partial charge in [-0.25, -0.2) is 14.4 Å². The highest BCUT2D eigenvalue weighted by molar-refractivity contribution is 6.35. The zero-order chi connectivity index (χ0) is 20.4. The Morgan fingerprint density at radius 1 is 0.897 bits per heavy atom. The summed E-state index contributed by atoms with van der Waals surface area (Å²) in [5.74, 6) is 0.936. The maximum absolute atomic E-state index is 13.1. The minimum Gasteiger partial charge on any atom is -0.393 e. The van der Waals surface area contributed by atoms with Crippen LogP contribution in [0.3, 0.4) is 0 Å². The first-order valence-electron chi connectivity index (χ1n) is 9.08. The highest BCUT2D eigenvalue weighted by atomic mass is 35.5. The van der Waals surface area contributed by atoms with Gasteiger partial charge in [0.15, 0.2) is 11.6 Å². The molecule has 6 nitrogen and oxygen atoms in total. The zero-order valence-corrected chi connectivity index (χ0v) is 17.0. The lowest BCUT2D eigenvalue weighted by Crippen LogP contribution is -2.47. The fraction of sp³-hybridized carbons (Fsp3) is 0.200. The van der Waals surface area contributed by atoms with Gasteiger partial charge in [-0.15, -0.1) is 0 Å². The molecular weight excluding hydrogens is 414 g/mol. The first-order chi connectivity index (χ1) is 14.0. The van der Waals surface area contributed by atoms with Crippen LogP contribution < -0.4 is 20.9 Å². The number of hydrogen-bond donors (Lipinski definition) is 2. The van der Waals surface area contributed by atoms with Crippen LogP contribution in [-0.4, -0.2) is 36.1 Å². The summed E-state index contributed by atoms with van der Waals surface area (Å²) >= 11 is 12.1. The minimum absolute atomic E-state index is 0.234. The Bertz CT molecular complexity index is 986. The monoisotopic (exact) mass is 432 g/mol. The fourth-order valence-electron chi connectivity index (χ4n) is 3.33. The van der Waals surface area contributed by atoms with Crippen molar-refractivity contribution in [2.75, 3.05) is 47.0 Å². The normalized spacial score (nSPS) is 14.2. The van der Waals surface area contributed by atoms with Crippen molar-refractivity contribution in [3.05, 3.63) is 64.7 Å². The van der Waals surface area contributed by atoms with Gasteiger partial charge >= 0.3 is 0 Å². The number of piperazine rings is 1. The number of nitrogens with two attached hydrogens (primary N) is 1. The van der Waals surface area contributed by atoms with Crippen molar-refractivity contribution >= 4 is 51.9 Å². The van der Waals surface area contributed by atoms with Gasteiger partial charge in [0.1, 0.15) is 17.8 Å². The van der Waals surface area contributed by atoms with Crippen molar-refractivity contribution in [2.24, 2.45) is 0 Å². The number of halogens is 3. The van der Waals surface area contributed by atoms with Gasteiger partial charge < -0.3 is 20.9 Å². The third-order valence-electron chi connectivity index (χ3n) is 4.76. The highest BCUT2D eigenvalue weighted by Gasteiger charge is 2.21. The average molecular weight is 433 g/mol. The number of nitrogens with zero attached hydrogens (tertiary/aromatic N) is 4. The quantitative estimate of drug-likeness (QED) is 0.628. The Labute approximate surface area is 178 Å². The van der Waals surface area contributed by atoms with Crippen molar-refractivity contribution in [1.82, 2.24) is 9.97 Å². The Morgan fingerprint density at radius 3 is 2.17 bits per heavy atom. The van der Waals surface area contributed by atoms with E-state index in [1.807, 2.05) is 0 Å². The number of benzene rings is 2. The van der Waals surface area contributed by atoms with Gasteiger partial charge in [0, 0.05) is 47.6 Å². The summed E-state index contributed by atoms with van der Waals surface area (Å²) < 4.78 is 13.1. The SMILES string of the molecule is Nc1c(Nc2cc(Cl)cc(Cl)c2)ncnc1N1CCN(c2ccc(F)cc2)CC1. The molecule has 29 heavy (non-hydrogen) atoms. The molecule has 0 bridgehead atoms. The lowest BCUT2D eigenvalue weighted by Gasteiger charge is -2.37. The molecule has 0 spiro atoms. The number of nitrogen functional groups attached to an aromatic ring is 1. The fourth-order valence-corrected chi connectivity index (χ4v) is 3.86. The molecule has 0 unspecified atom stereocenters. The molecule has 1 aliphatic heterocycles. The van der Waals surface area contributed by atoms with Gasteiger partial charge in [-0.3, -0.25) is 0 Å². The molecule has 0 radical (unpaired) electrons.